The van der Waals surface area contributed by atoms with Gasteiger partial charge >= 0.3 is 12.1 Å². The zero-order chi connectivity index (χ0) is 20.5. The third kappa shape index (κ3) is 4.07. The van der Waals surface area contributed by atoms with Gasteiger partial charge in [-0.2, -0.15) is 23.4 Å². The number of halogens is 4. The molecule has 1 amide bonds. The van der Waals surface area contributed by atoms with Gasteiger partial charge in [-0.15, -0.1) is 0 Å². The van der Waals surface area contributed by atoms with Crippen LogP contribution in [0.1, 0.15) is 41.6 Å². The second kappa shape index (κ2) is 7.59. The summed E-state index contributed by atoms with van der Waals surface area (Å²) >= 11 is 5.71. The molecule has 148 valence electrons. The molecule has 0 fully saturated rings. The van der Waals surface area contributed by atoms with Gasteiger partial charge in [-0.1, -0.05) is 11.6 Å². The third-order valence-electron chi connectivity index (χ3n) is 3.77. The first-order valence-electron chi connectivity index (χ1n) is 7.80. The molecule has 12 heteroatoms. The van der Waals surface area contributed by atoms with Gasteiger partial charge in [-0.3, -0.25) is 14.2 Å². The maximum Gasteiger partial charge on any atom is 0.436 e. The number of rotatable bonds is 5. The highest BCUT2D eigenvalue weighted by Crippen LogP contribution is 2.36. The SMILES string of the molecule is CCOC(=O)c1cnn(C)c1NC(=O)C(C)n1nc(C(F)(F)F)c(Cl)c1C. The van der Waals surface area contributed by atoms with Gasteiger partial charge in [0, 0.05) is 7.05 Å². The van der Waals surface area contributed by atoms with Crippen LogP contribution in [0.4, 0.5) is 19.0 Å². The lowest BCUT2D eigenvalue weighted by molar-refractivity contribution is -0.141. The summed E-state index contributed by atoms with van der Waals surface area (Å²) in [6, 6.07) is -1.14. The first-order chi connectivity index (χ1) is 12.5. The normalized spacial score (nSPS) is 12.7. The van der Waals surface area contributed by atoms with E-state index in [1.165, 1.54) is 31.8 Å². The van der Waals surface area contributed by atoms with E-state index >= 15 is 0 Å². The van der Waals surface area contributed by atoms with Crippen LogP contribution in [0, 0.1) is 6.92 Å². The highest BCUT2D eigenvalue weighted by atomic mass is 35.5. The van der Waals surface area contributed by atoms with Crippen molar-refractivity contribution in [2.24, 2.45) is 7.05 Å². The molecule has 27 heavy (non-hydrogen) atoms. The number of nitrogens with one attached hydrogen (secondary N) is 1. The first kappa shape index (κ1) is 20.7. The standard InChI is InChI=1S/C15H17ClF3N5O3/c1-5-27-14(26)9-6-20-23(4)12(9)21-13(25)8(3)24-7(2)10(16)11(22-24)15(17,18)19/h6,8H,5H2,1-4H3,(H,21,25). The van der Waals surface area contributed by atoms with Gasteiger partial charge in [0.25, 0.3) is 0 Å². The highest BCUT2D eigenvalue weighted by Gasteiger charge is 2.39. The molecule has 0 aliphatic carbocycles. The Balaban J connectivity index is 2.30. The van der Waals surface area contributed by atoms with Crippen LogP contribution in [-0.4, -0.2) is 38.0 Å². The predicted molar refractivity (Wildman–Crippen MR) is 89.5 cm³/mol. The summed E-state index contributed by atoms with van der Waals surface area (Å²) in [6.45, 7) is 4.43. The molecule has 0 aliphatic heterocycles. The quantitative estimate of drug-likeness (QED) is 0.769. The number of nitrogens with zero attached hydrogens (tertiary/aromatic N) is 4. The number of carbonyl (C=O) groups excluding carboxylic acids is 2. The average molecular weight is 408 g/mol. The number of anilines is 1. The molecular weight excluding hydrogens is 391 g/mol. The van der Waals surface area contributed by atoms with E-state index in [2.05, 4.69) is 15.5 Å². The Bertz CT molecular complexity index is 875. The van der Waals surface area contributed by atoms with E-state index in [0.717, 1.165) is 4.68 Å². The molecule has 2 heterocycles. The van der Waals surface area contributed by atoms with Gasteiger partial charge in [0.05, 0.1) is 23.5 Å². The van der Waals surface area contributed by atoms with Gasteiger partial charge < -0.3 is 10.1 Å². The van der Waals surface area contributed by atoms with E-state index in [1.807, 2.05) is 0 Å². The number of hydrogen-bond donors (Lipinski definition) is 1. The van der Waals surface area contributed by atoms with Crippen molar-refractivity contribution in [1.82, 2.24) is 19.6 Å². The van der Waals surface area contributed by atoms with E-state index in [0.29, 0.717) is 0 Å². The smallest absolute Gasteiger partial charge is 0.436 e. The van der Waals surface area contributed by atoms with Crippen LogP contribution in [0.25, 0.3) is 0 Å². The number of esters is 1. The monoisotopic (exact) mass is 407 g/mol. The Morgan fingerprint density at radius 1 is 1.41 bits per heavy atom. The van der Waals surface area contributed by atoms with E-state index in [-0.39, 0.29) is 23.7 Å². The second-order valence-corrected chi connectivity index (χ2v) is 5.98. The van der Waals surface area contributed by atoms with Crippen LogP contribution in [0.15, 0.2) is 6.20 Å². The number of amides is 1. The molecule has 0 aliphatic rings. The van der Waals surface area contributed by atoms with E-state index in [1.54, 1.807) is 6.92 Å². The lowest BCUT2D eigenvalue weighted by atomic mass is 10.2. The topological polar surface area (TPSA) is 91.0 Å². The number of alkyl halides is 3. The molecule has 2 aromatic heterocycles. The fourth-order valence-corrected chi connectivity index (χ4v) is 2.56. The third-order valence-corrected chi connectivity index (χ3v) is 4.22. The summed E-state index contributed by atoms with van der Waals surface area (Å²) in [6.07, 6.45) is -3.53. The molecule has 0 radical (unpaired) electrons. The number of aromatic nitrogens is 4. The number of aryl methyl sites for hydroxylation is 1. The fraction of sp³-hybridized carbons (Fsp3) is 0.467. The minimum Gasteiger partial charge on any atom is -0.462 e. The van der Waals surface area contributed by atoms with Crippen LogP contribution in [0.3, 0.4) is 0 Å². The molecule has 8 nitrogen and oxygen atoms in total. The average Bonchev–Trinajstić information content (AvgIpc) is 3.08. The largest absolute Gasteiger partial charge is 0.462 e. The van der Waals surface area contributed by atoms with Crippen molar-refractivity contribution in [3.8, 4) is 0 Å². The summed E-state index contributed by atoms with van der Waals surface area (Å²) in [5.41, 5.74) is -1.26. The molecule has 1 N–H and O–H groups in total. The Hall–Kier alpha value is -2.56. The molecule has 0 bridgehead atoms. The van der Waals surface area contributed by atoms with Crippen molar-refractivity contribution < 1.29 is 27.5 Å². The van der Waals surface area contributed by atoms with Gasteiger partial charge in [-0.25, -0.2) is 4.79 Å². The van der Waals surface area contributed by atoms with Crippen molar-refractivity contribution in [1.29, 1.82) is 0 Å². The van der Waals surface area contributed by atoms with E-state index < -0.39 is 34.8 Å². The lowest BCUT2D eigenvalue weighted by Gasteiger charge is -2.15. The molecule has 0 saturated carbocycles. The molecule has 0 aromatic carbocycles. The molecule has 0 spiro atoms. The van der Waals surface area contributed by atoms with Crippen LogP contribution in [0.2, 0.25) is 5.02 Å². The Labute approximate surface area is 157 Å². The zero-order valence-corrected chi connectivity index (χ0v) is 15.6. The fourth-order valence-electron chi connectivity index (χ4n) is 2.33. The molecule has 0 saturated heterocycles. The summed E-state index contributed by atoms with van der Waals surface area (Å²) in [5, 5.41) is 9.20. The number of carbonyl (C=O) groups is 2. The Morgan fingerprint density at radius 2 is 2.04 bits per heavy atom. The second-order valence-electron chi connectivity index (χ2n) is 5.61. The van der Waals surface area contributed by atoms with Crippen molar-refractivity contribution in [2.75, 3.05) is 11.9 Å². The van der Waals surface area contributed by atoms with Crippen molar-refractivity contribution in [3.63, 3.8) is 0 Å². The van der Waals surface area contributed by atoms with Gasteiger partial charge in [0.2, 0.25) is 5.91 Å². The summed E-state index contributed by atoms with van der Waals surface area (Å²) in [4.78, 5) is 24.5. The molecular formula is C15H17ClF3N5O3. The van der Waals surface area contributed by atoms with Crippen LogP contribution < -0.4 is 5.32 Å². The van der Waals surface area contributed by atoms with Gasteiger partial charge in [-0.05, 0) is 20.8 Å². The van der Waals surface area contributed by atoms with Crippen LogP contribution >= 0.6 is 11.6 Å². The summed E-state index contributed by atoms with van der Waals surface area (Å²) in [7, 11) is 1.49. The molecule has 2 aromatic rings. The minimum atomic E-state index is -4.75. The summed E-state index contributed by atoms with van der Waals surface area (Å²) < 4.78 is 45.9. The van der Waals surface area contributed by atoms with Crippen LogP contribution in [-0.2, 0) is 22.8 Å². The Morgan fingerprint density at radius 3 is 2.56 bits per heavy atom. The first-order valence-corrected chi connectivity index (χ1v) is 8.18. The molecule has 1 atom stereocenters. The number of ether oxygens (including phenoxy) is 1. The van der Waals surface area contributed by atoms with E-state index in [4.69, 9.17) is 16.3 Å². The van der Waals surface area contributed by atoms with Crippen LogP contribution in [0.5, 0.6) is 0 Å². The highest BCUT2D eigenvalue weighted by molar-refractivity contribution is 6.32. The maximum atomic E-state index is 13.0. The van der Waals surface area contributed by atoms with Crippen molar-refractivity contribution >= 4 is 29.3 Å². The number of hydrogen-bond acceptors (Lipinski definition) is 5. The summed E-state index contributed by atoms with van der Waals surface area (Å²) in [5.74, 6) is -1.34. The zero-order valence-electron chi connectivity index (χ0n) is 14.9. The van der Waals surface area contributed by atoms with E-state index in [9.17, 15) is 22.8 Å². The molecule has 2 rings (SSSR count). The van der Waals surface area contributed by atoms with Gasteiger partial charge in [0.15, 0.2) is 5.69 Å². The van der Waals surface area contributed by atoms with Gasteiger partial charge in [0.1, 0.15) is 17.4 Å². The lowest BCUT2D eigenvalue weighted by Crippen LogP contribution is -2.27. The van der Waals surface area contributed by atoms with Crippen molar-refractivity contribution in [3.05, 3.63) is 28.2 Å². The predicted octanol–water partition coefficient (Wildman–Crippen LogP) is 2.97. The minimum absolute atomic E-state index is 0.0118. The maximum absolute atomic E-state index is 13.0. The van der Waals surface area contributed by atoms with Crippen molar-refractivity contribution in [2.45, 2.75) is 33.0 Å². The Kier molecular flexibility index (Phi) is 5.83. The molecule has 1 unspecified atom stereocenters.